The topological polar surface area (TPSA) is 75.8 Å². The van der Waals surface area contributed by atoms with E-state index >= 15 is 0 Å². The van der Waals surface area contributed by atoms with Crippen molar-refractivity contribution in [3.8, 4) is 5.75 Å². The number of aliphatic carboxylic acids is 1. The molecule has 0 radical (unpaired) electrons. The number of piperidine rings is 1. The van der Waals surface area contributed by atoms with Crippen LogP contribution in [0.1, 0.15) is 12.8 Å². The summed E-state index contributed by atoms with van der Waals surface area (Å²) in [7, 11) is 0. The molecule has 1 aromatic rings. The maximum absolute atomic E-state index is 11.1. The minimum Gasteiger partial charge on any atom is -0.494 e. The maximum Gasteiger partial charge on any atom is 0.307 e. The molecule has 5 heteroatoms. The van der Waals surface area contributed by atoms with Crippen LogP contribution in [0.15, 0.2) is 30.3 Å². The lowest BCUT2D eigenvalue weighted by molar-refractivity contribution is -0.143. The van der Waals surface area contributed by atoms with E-state index in [1.54, 1.807) is 0 Å². The Morgan fingerprint density at radius 3 is 2.80 bits per heavy atom. The van der Waals surface area contributed by atoms with Gasteiger partial charge in [-0.3, -0.25) is 4.79 Å². The Labute approximate surface area is 119 Å². The lowest BCUT2D eigenvalue weighted by Gasteiger charge is -2.34. The van der Waals surface area contributed by atoms with Gasteiger partial charge in [0, 0.05) is 25.7 Å². The second-order valence-corrected chi connectivity index (χ2v) is 5.31. The van der Waals surface area contributed by atoms with E-state index < -0.39 is 5.97 Å². The van der Waals surface area contributed by atoms with E-state index in [-0.39, 0.29) is 12.0 Å². The van der Waals surface area contributed by atoms with Crippen molar-refractivity contribution in [1.29, 1.82) is 0 Å². The highest BCUT2D eigenvalue weighted by molar-refractivity contribution is 5.70. The third-order valence-electron chi connectivity index (χ3n) is 3.54. The summed E-state index contributed by atoms with van der Waals surface area (Å²) >= 11 is 0. The first-order valence-electron chi connectivity index (χ1n) is 7.03. The van der Waals surface area contributed by atoms with Crippen LogP contribution in [-0.4, -0.2) is 48.3 Å². The summed E-state index contributed by atoms with van der Waals surface area (Å²) in [5.74, 6) is -0.217. The van der Waals surface area contributed by atoms with Crippen LogP contribution in [0.4, 0.5) is 0 Å². The highest BCUT2D eigenvalue weighted by Gasteiger charge is 2.29. The third kappa shape index (κ3) is 4.51. The molecule has 0 spiro atoms. The molecule has 0 aromatic heterocycles. The number of likely N-dealkylation sites (tertiary alicyclic amines) is 1. The van der Waals surface area contributed by atoms with Gasteiger partial charge in [0.05, 0.1) is 12.5 Å². The van der Waals surface area contributed by atoms with Crippen LogP contribution in [0, 0.1) is 5.92 Å². The zero-order valence-corrected chi connectivity index (χ0v) is 11.6. The van der Waals surface area contributed by atoms with Gasteiger partial charge in [0.1, 0.15) is 5.75 Å². The Kier molecular flexibility index (Phi) is 5.38. The molecular formula is C15H22N2O3. The molecule has 1 saturated heterocycles. The molecular weight excluding hydrogens is 256 g/mol. The molecule has 1 aliphatic heterocycles. The fourth-order valence-electron chi connectivity index (χ4n) is 2.59. The average molecular weight is 278 g/mol. The quantitative estimate of drug-likeness (QED) is 0.764. The Balaban J connectivity index is 1.69. The van der Waals surface area contributed by atoms with Crippen LogP contribution in [0.3, 0.4) is 0 Å². The lowest BCUT2D eigenvalue weighted by atomic mass is 9.95. The molecule has 2 rings (SSSR count). The van der Waals surface area contributed by atoms with E-state index in [9.17, 15) is 4.79 Å². The zero-order chi connectivity index (χ0) is 14.4. The fourth-order valence-corrected chi connectivity index (χ4v) is 2.59. The molecule has 1 heterocycles. The number of hydrogen-bond acceptors (Lipinski definition) is 4. The fraction of sp³-hybridized carbons (Fsp3) is 0.533. The van der Waals surface area contributed by atoms with Gasteiger partial charge >= 0.3 is 5.97 Å². The molecule has 0 bridgehead atoms. The predicted molar refractivity (Wildman–Crippen MR) is 76.7 cm³/mol. The van der Waals surface area contributed by atoms with Gasteiger partial charge in [-0.25, -0.2) is 0 Å². The lowest BCUT2D eigenvalue weighted by Crippen LogP contribution is -2.49. The average Bonchev–Trinajstić information content (AvgIpc) is 2.44. The van der Waals surface area contributed by atoms with Crippen molar-refractivity contribution in [2.45, 2.75) is 18.9 Å². The summed E-state index contributed by atoms with van der Waals surface area (Å²) in [6.45, 7) is 2.82. The standard InChI is InChI=1S/C15H22N2O3/c16-13-9-12(15(18)19)10-17(11-13)7-4-8-20-14-5-2-1-3-6-14/h1-3,5-6,12-13H,4,7-11,16H2,(H,18,19). The number of ether oxygens (including phenoxy) is 1. The highest BCUT2D eigenvalue weighted by Crippen LogP contribution is 2.16. The number of rotatable bonds is 6. The van der Waals surface area contributed by atoms with Crippen LogP contribution in [0.2, 0.25) is 0 Å². The number of hydrogen-bond donors (Lipinski definition) is 2. The Hall–Kier alpha value is -1.59. The molecule has 20 heavy (non-hydrogen) atoms. The molecule has 1 aromatic carbocycles. The van der Waals surface area contributed by atoms with Crippen molar-refractivity contribution in [3.63, 3.8) is 0 Å². The van der Waals surface area contributed by atoms with Crippen LogP contribution in [0.25, 0.3) is 0 Å². The number of carbonyl (C=O) groups is 1. The van der Waals surface area contributed by atoms with E-state index in [4.69, 9.17) is 15.6 Å². The van der Waals surface area contributed by atoms with Gasteiger partial charge < -0.3 is 20.5 Å². The smallest absolute Gasteiger partial charge is 0.307 e. The first kappa shape index (κ1) is 14.8. The minimum atomic E-state index is -0.745. The largest absolute Gasteiger partial charge is 0.494 e. The molecule has 1 fully saturated rings. The van der Waals surface area contributed by atoms with Crippen molar-refractivity contribution >= 4 is 5.97 Å². The van der Waals surface area contributed by atoms with E-state index in [0.717, 1.165) is 25.3 Å². The number of nitrogens with zero attached hydrogens (tertiary/aromatic N) is 1. The van der Waals surface area contributed by atoms with Crippen LogP contribution in [0.5, 0.6) is 5.75 Å². The molecule has 2 unspecified atom stereocenters. The second kappa shape index (κ2) is 7.26. The number of benzene rings is 1. The van der Waals surface area contributed by atoms with Crippen LogP contribution < -0.4 is 10.5 Å². The number of carboxylic acid groups (broad SMARTS) is 1. The maximum atomic E-state index is 11.1. The Bertz CT molecular complexity index is 424. The zero-order valence-electron chi connectivity index (χ0n) is 11.6. The Morgan fingerprint density at radius 2 is 2.10 bits per heavy atom. The molecule has 3 N–H and O–H groups in total. The molecule has 1 aliphatic rings. The van der Waals surface area contributed by atoms with Crippen molar-refractivity contribution in [3.05, 3.63) is 30.3 Å². The SMILES string of the molecule is NC1CC(C(=O)O)CN(CCCOc2ccccc2)C1. The summed E-state index contributed by atoms with van der Waals surface area (Å²) in [6.07, 6.45) is 1.44. The van der Waals surface area contributed by atoms with Gasteiger partial charge in [0.25, 0.3) is 0 Å². The van der Waals surface area contributed by atoms with Gasteiger partial charge in [-0.15, -0.1) is 0 Å². The predicted octanol–water partition coefficient (Wildman–Crippen LogP) is 1.19. The number of carboxylic acids is 1. The van der Waals surface area contributed by atoms with Gasteiger partial charge in [-0.05, 0) is 25.0 Å². The van der Waals surface area contributed by atoms with Gasteiger partial charge in [-0.2, -0.15) is 0 Å². The number of para-hydroxylation sites is 1. The van der Waals surface area contributed by atoms with Crippen LogP contribution in [-0.2, 0) is 4.79 Å². The van der Waals surface area contributed by atoms with Crippen molar-refractivity contribution in [2.24, 2.45) is 11.7 Å². The molecule has 0 amide bonds. The normalized spacial score (nSPS) is 23.4. The van der Waals surface area contributed by atoms with Crippen molar-refractivity contribution < 1.29 is 14.6 Å². The molecule has 2 atom stereocenters. The van der Waals surface area contributed by atoms with Crippen molar-refractivity contribution in [2.75, 3.05) is 26.2 Å². The minimum absolute atomic E-state index is 0.0418. The molecule has 0 aliphatic carbocycles. The second-order valence-electron chi connectivity index (χ2n) is 5.31. The molecule has 110 valence electrons. The van der Waals surface area contributed by atoms with Crippen molar-refractivity contribution in [1.82, 2.24) is 4.90 Å². The Morgan fingerprint density at radius 1 is 1.35 bits per heavy atom. The van der Waals surface area contributed by atoms with E-state index in [0.29, 0.717) is 19.6 Å². The third-order valence-corrected chi connectivity index (χ3v) is 3.54. The molecule has 0 saturated carbocycles. The summed E-state index contributed by atoms with van der Waals surface area (Å²) < 4.78 is 5.62. The summed E-state index contributed by atoms with van der Waals surface area (Å²) in [5.41, 5.74) is 5.91. The summed E-state index contributed by atoms with van der Waals surface area (Å²) in [5, 5.41) is 9.09. The molecule has 5 nitrogen and oxygen atoms in total. The highest BCUT2D eigenvalue weighted by atomic mass is 16.5. The van der Waals surface area contributed by atoms with E-state index in [1.807, 2.05) is 30.3 Å². The van der Waals surface area contributed by atoms with Crippen LogP contribution >= 0.6 is 0 Å². The first-order valence-corrected chi connectivity index (χ1v) is 7.03. The van der Waals surface area contributed by atoms with E-state index in [1.165, 1.54) is 0 Å². The monoisotopic (exact) mass is 278 g/mol. The van der Waals surface area contributed by atoms with E-state index in [2.05, 4.69) is 4.90 Å². The number of nitrogens with two attached hydrogens (primary N) is 1. The summed E-state index contributed by atoms with van der Waals surface area (Å²) in [4.78, 5) is 13.2. The summed E-state index contributed by atoms with van der Waals surface area (Å²) in [6, 6.07) is 9.65. The van der Waals surface area contributed by atoms with Gasteiger partial charge in [0.15, 0.2) is 0 Å². The van der Waals surface area contributed by atoms with Gasteiger partial charge in [0.2, 0.25) is 0 Å². The first-order chi connectivity index (χ1) is 9.65. The van der Waals surface area contributed by atoms with Gasteiger partial charge in [-0.1, -0.05) is 18.2 Å².